The van der Waals surface area contributed by atoms with E-state index in [1.807, 2.05) is 30.3 Å². The van der Waals surface area contributed by atoms with Crippen LogP contribution < -0.4 is 0 Å². The number of hydrogen-bond donors (Lipinski definition) is 0. The molecule has 316 valence electrons. The summed E-state index contributed by atoms with van der Waals surface area (Å²) in [6.07, 6.45) is 8.80. The molecule has 0 amide bonds. The molecule has 3 nitrogen and oxygen atoms in total. The summed E-state index contributed by atoms with van der Waals surface area (Å²) in [4.78, 5) is 14.9. The van der Waals surface area contributed by atoms with Crippen LogP contribution in [0.4, 0.5) is 0 Å². The van der Waals surface area contributed by atoms with E-state index in [9.17, 15) is 0 Å². The molecule has 4 heteroatoms. The maximum atomic E-state index is 5.05. The molecule has 0 saturated heterocycles. The van der Waals surface area contributed by atoms with E-state index in [4.69, 9.17) is 15.0 Å². The van der Waals surface area contributed by atoms with Gasteiger partial charge < -0.3 is 15.0 Å². The Bertz CT molecular complexity index is 2630. The fourth-order valence-electron chi connectivity index (χ4n) is 8.76. The molecule has 0 spiro atoms. The summed E-state index contributed by atoms with van der Waals surface area (Å²) in [5.41, 5.74) is 17.7. The first-order chi connectivity index (χ1) is 29.7. The van der Waals surface area contributed by atoms with Crippen LogP contribution >= 0.6 is 0 Å². The number of pyridine rings is 3. The first kappa shape index (κ1) is 45.2. The molecular formula is C59H56IrN3. The zero-order valence-electron chi connectivity index (χ0n) is 37.8. The predicted molar refractivity (Wildman–Crippen MR) is 257 cm³/mol. The van der Waals surface area contributed by atoms with Crippen LogP contribution in [-0.2, 0) is 55.6 Å². The van der Waals surface area contributed by atoms with Crippen molar-refractivity contribution in [3.63, 3.8) is 0 Å². The van der Waals surface area contributed by atoms with Crippen LogP contribution in [0.3, 0.4) is 0 Å². The first-order valence-corrected chi connectivity index (χ1v) is 21.8. The van der Waals surface area contributed by atoms with E-state index in [-0.39, 0.29) is 36.4 Å². The Labute approximate surface area is 389 Å². The van der Waals surface area contributed by atoms with Crippen LogP contribution in [-0.4, -0.2) is 15.0 Å². The van der Waals surface area contributed by atoms with E-state index in [1.54, 1.807) is 0 Å². The van der Waals surface area contributed by atoms with Gasteiger partial charge in [0.05, 0.1) is 0 Å². The predicted octanol–water partition coefficient (Wildman–Crippen LogP) is 14.1. The van der Waals surface area contributed by atoms with Gasteiger partial charge in [-0.05, 0) is 97.1 Å². The minimum atomic E-state index is -0.239. The normalized spacial score (nSPS) is 11.9. The Hall–Kier alpha value is -5.80. The molecule has 5 aromatic carbocycles. The molecule has 0 saturated carbocycles. The average molecular weight is 999 g/mol. The fourth-order valence-corrected chi connectivity index (χ4v) is 8.76. The van der Waals surface area contributed by atoms with Gasteiger partial charge in [0.15, 0.2) is 0 Å². The quantitative estimate of drug-likeness (QED) is 0.108. The molecule has 8 aromatic rings. The Morgan fingerprint density at radius 2 is 0.921 bits per heavy atom. The van der Waals surface area contributed by atoms with E-state index >= 15 is 0 Å². The largest absolute Gasteiger partial charge is 3.00 e. The van der Waals surface area contributed by atoms with Crippen molar-refractivity contribution in [3.8, 4) is 44.9 Å². The topological polar surface area (TPSA) is 38.7 Å². The number of rotatable bonds is 13. The van der Waals surface area contributed by atoms with E-state index in [2.05, 4.69) is 201 Å². The third-order valence-electron chi connectivity index (χ3n) is 12.3. The average Bonchev–Trinajstić information content (AvgIpc) is 3.27. The molecule has 0 aliphatic rings. The molecule has 0 N–H and O–H groups in total. The van der Waals surface area contributed by atoms with Crippen LogP contribution in [0.2, 0.25) is 0 Å². The molecule has 0 unspecified atom stereocenters. The number of nitrogens with zero attached hydrogens (tertiary/aromatic N) is 3. The summed E-state index contributed by atoms with van der Waals surface area (Å²) >= 11 is 0. The Morgan fingerprint density at radius 3 is 1.37 bits per heavy atom. The van der Waals surface area contributed by atoms with Gasteiger partial charge in [-0.25, -0.2) is 0 Å². The Balaban J connectivity index is 0.00000595. The monoisotopic (exact) mass is 999 g/mol. The third kappa shape index (κ3) is 10.7. The minimum Gasteiger partial charge on any atom is -0.304 e. The van der Waals surface area contributed by atoms with Crippen LogP contribution in [0.25, 0.3) is 44.9 Å². The molecule has 0 radical (unpaired) electrons. The van der Waals surface area contributed by atoms with Crippen LogP contribution in [0.15, 0.2) is 158 Å². The number of hydrogen-bond acceptors (Lipinski definition) is 3. The summed E-state index contributed by atoms with van der Waals surface area (Å²) in [5.74, 6) is 0. The van der Waals surface area contributed by atoms with Gasteiger partial charge in [0, 0.05) is 18.6 Å². The molecule has 0 fully saturated rings. The molecule has 0 aliphatic heterocycles. The van der Waals surface area contributed by atoms with Crippen LogP contribution in [0, 0.1) is 32.0 Å². The van der Waals surface area contributed by atoms with Gasteiger partial charge in [0.25, 0.3) is 0 Å². The van der Waals surface area contributed by atoms with Crippen LogP contribution in [0.5, 0.6) is 0 Å². The second-order valence-electron chi connectivity index (χ2n) is 19.0. The molecule has 8 rings (SSSR count). The van der Waals surface area contributed by atoms with Gasteiger partial charge in [-0.3, -0.25) is 0 Å². The van der Waals surface area contributed by atoms with Crippen molar-refractivity contribution in [2.45, 2.75) is 90.9 Å². The second-order valence-corrected chi connectivity index (χ2v) is 19.0. The SMILES string of the molecule is Cc1c[c-]c(-c2ccc(C(C)(C)Cc3cc(CC(C)(C)c4ccc(-c5[c-]cc(C)cc5)nc4)cc(CC(C)(C)c4cnc(-c5[c-]cccc5)cc4-c4ccccc4)c3)cn2)cc1.[Ir+3]. The zero-order chi connectivity index (χ0) is 43.5. The maximum absolute atomic E-state index is 5.05. The van der Waals surface area contributed by atoms with Gasteiger partial charge >= 0.3 is 20.1 Å². The van der Waals surface area contributed by atoms with Crippen molar-refractivity contribution >= 4 is 0 Å². The van der Waals surface area contributed by atoms with E-state index in [0.29, 0.717) is 0 Å². The number of benzene rings is 5. The summed E-state index contributed by atoms with van der Waals surface area (Å²) < 4.78 is 0. The zero-order valence-corrected chi connectivity index (χ0v) is 40.2. The van der Waals surface area contributed by atoms with Crippen molar-refractivity contribution in [2.75, 3.05) is 0 Å². The fraction of sp³-hybridized carbons (Fsp3) is 0.237. The molecule has 0 aliphatic carbocycles. The maximum Gasteiger partial charge on any atom is 3.00 e. The van der Waals surface area contributed by atoms with Gasteiger partial charge in [-0.15, -0.1) is 107 Å². The van der Waals surface area contributed by atoms with Crippen LogP contribution in [0.1, 0.15) is 86.1 Å². The number of aromatic nitrogens is 3. The van der Waals surface area contributed by atoms with Gasteiger partial charge in [-0.2, -0.15) is 0 Å². The van der Waals surface area contributed by atoms with Gasteiger partial charge in [-0.1, -0.05) is 134 Å². The summed E-state index contributed by atoms with van der Waals surface area (Å²) in [7, 11) is 0. The standard InChI is InChI=1S/C59H56N3.Ir/c1-41-19-23-48(24-20-41)54-29-27-50(38-60-54)57(3,4)35-43-31-44(36-58(5,6)51-28-30-55(61-39-51)49-25-21-42(2)22-26-49)33-45(32-43)37-59(7,8)53-40-62-56(47-17-13-10-14-18-47)34-52(53)46-15-11-9-12-16-46;/h9-17,19-23,25,27-34,38-40H,35-37H2,1-8H3;/q-3;+3. The van der Waals surface area contributed by atoms with Crippen molar-refractivity contribution in [1.29, 1.82) is 0 Å². The third-order valence-corrected chi connectivity index (χ3v) is 12.3. The van der Waals surface area contributed by atoms with Crippen molar-refractivity contribution in [2.24, 2.45) is 0 Å². The molecule has 63 heavy (non-hydrogen) atoms. The first-order valence-electron chi connectivity index (χ1n) is 21.8. The van der Waals surface area contributed by atoms with Crippen molar-refractivity contribution in [1.82, 2.24) is 15.0 Å². The van der Waals surface area contributed by atoms with Crippen molar-refractivity contribution in [3.05, 3.63) is 221 Å². The van der Waals surface area contributed by atoms with E-state index < -0.39 is 0 Å². The number of aryl methyl sites for hydroxylation is 2. The molecule has 0 bridgehead atoms. The molecule has 0 atom stereocenters. The molecule has 3 heterocycles. The minimum absolute atomic E-state index is 0. The Morgan fingerprint density at radius 1 is 0.444 bits per heavy atom. The molecule has 3 aromatic heterocycles. The summed E-state index contributed by atoms with van der Waals surface area (Å²) in [6, 6.07) is 59.8. The van der Waals surface area contributed by atoms with Gasteiger partial charge in [0.1, 0.15) is 0 Å². The van der Waals surface area contributed by atoms with E-state index in [1.165, 1.54) is 55.6 Å². The molecular weight excluding hydrogens is 943 g/mol. The summed E-state index contributed by atoms with van der Waals surface area (Å²) in [6.45, 7) is 18.2. The van der Waals surface area contributed by atoms with Crippen molar-refractivity contribution < 1.29 is 20.1 Å². The van der Waals surface area contributed by atoms with E-state index in [0.717, 1.165) is 53.0 Å². The smallest absolute Gasteiger partial charge is 0.304 e. The Kier molecular flexibility index (Phi) is 13.6. The second kappa shape index (κ2) is 18.9. The summed E-state index contributed by atoms with van der Waals surface area (Å²) in [5, 5.41) is 0. The van der Waals surface area contributed by atoms with Gasteiger partial charge in [0.2, 0.25) is 0 Å².